The Balaban J connectivity index is 1.67. The van der Waals surface area contributed by atoms with E-state index in [0.29, 0.717) is 30.9 Å². The molecule has 3 heterocycles. The summed E-state index contributed by atoms with van der Waals surface area (Å²) in [4.78, 5) is 18.9. The lowest BCUT2D eigenvalue weighted by atomic mass is 10.1. The summed E-state index contributed by atoms with van der Waals surface area (Å²) < 4.78 is 43.0. The summed E-state index contributed by atoms with van der Waals surface area (Å²) in [5.41, 5.74) is 1.84. The third-order valence-electron chi connectivity index (χ3n) is 4.43. The van der Waals surface area contributed by atoms with Crippen molar-refractivity contribution >= 4 is 5.91 Å². The van der Waals surface area contributed by atoms with E-state index in [1.54, 1.807) is 6.07 Å². The number of halogens is 3. The number of nitrogens with one attached hydrogen (secondary N) is 2. The third kappa shape index (κ3) is 4.43. The molecule has 1 saturated heterocycles. The number of aromatic amines is 1. The Morgan fingerprint density at radius 2 is 2.08 bits per heavy atom. The summed E-state index contributed by atoms with van der Waals surface area (Å²) in [6.45, 7) is 3.11. The van der Waals surface area contributed by atoms with Crippen LogP contribution in [0.15, 0.2) is 24.4 Å². The number of ether oxygens (including phenoxy) is 1. The molecule has 8 heteroatoms. The van der Waals surface area contributed by atoms with E-state index in [-0.39, 0.29) is 11.9 Å². The van der Waals surface area contributed by atoms with Gasteiger partial charge in [0.2, 0.25) is 0 Å². The molecule has 1 aliphatic rings. The summed E-state index contributed by atoms with van der Waals surface area (Å²) in [7, 11) is 0. The first kappa shape index (κ1) is 18.4. The number of pyridine rings is 1. The van der Waals surface area contributed by atoms with Crippen LogP contribution in [0.1, 0.15) is 45.8 Å². The maximum atomic E-state index is 12.6. The highest BCUT2D eigenvalue weighted by Crippen LogP contribution is 2.27. The summed E-state index contributed by atoms with van der Waals surface area (Å²) in [5, 5.41) is 2.98. The molecule has 1 fully saturated rings. The van der Waals surface area contributed by atoms with Crippen molar-refractivity contribution in [3.8, 4) is 0 Å². The maximum absolute atomic E-state index is 12.6. The summed E-state index contributed by atoms with van der Waals surface area (Å²) in [5.74, 6) is -0.184. The maximum Gasteiger partial charge on any atom is 0.433 e. The number of hydrogen-bond acceptors (Lipinski definition) is 3. The lowest BCUT2D eigenvalue weighted by Crippen LogP contribution is -2.39. The molecule has 1 amide bonds. The van der Waals surface area contributed by atoms with Crippen LogP contribution in [0.3, 0.4) is 0 Å². The van der Waals surface area contributed by atoms with Crippen molar-refractivity contribution in [3.05, 3.63) is 52.6 Å². The quantitative estimate of drug-likeness (QED) is 0.872. The number of nitrogens with zero attached hydrogens (tertiary/aromatic N) is 1. The van der Waals surface area contributed by atoms with Gasteiger partial charge in [-0.05, 0) is 43.0 Å². The Hall–Kier alpha value is -2.35. The van der Waals surface area contributed by atoms with Gasteiger partial charge in [-0.15, -0.1) is 0 Å². The zero-order chi connectivity index (χ0) is 18.7. The van der Waals surface area contributed by atoms with Crippen molar-refractivity contribution in [2.24, 2.45) is 0 Å². The van der Waals surface area contributed by atoms with E-state index in [9.17, 15) is 18.0 Å². The van der Waals surface area contributed by atoms with E-state index in [4.69, 9.17) is 4.74 Å². The molecular weight excluding hydrogens is 347 g/mol. The first-order valence-corrected chi connectivity index (χ1v) is 8.42. The van der Waals surface area contributed by atoms with E-state index in [1.807, 2.05) is 6.92 Å². The highest BCUT2D eigenvalue weighted by molar-refractivity contribution is 5.93. The largest absolute Gasteiger partial charge is 0.433 e. The molecule has 2 N–H and O–H groups in total. The molecule has 0 radical (unpaired) electrons. The van der Waals surface area contributed by atoms with Crippen LogP contribution in [-0.4, -0.2) is 35.1 Å². The number of aromatic nitrogens is 2. The molecule has 1 aliphatic heterocycles. The normalized spacial score (nSPS) is 15.8. The Morgan fingerprint density at radius 1 is 1.35 bits per heavy atom. The predicted molar refractivity (Wildman–Crippen MR) is 88.9 cm³/mol. The van der Waals surface area contributed by atoms with Crippen molar-refractivity contribution in [2.75, 3.05) is 13.2 Å². The number of amides is 1. The van der Waals surface area contributed by atoms with Gasteiger partial charge in [0, 0.05) is 37.6 Å². The topological polar surface area (TPSA) is 67.0 Å². The minimum atomic E-state index is -4.45. The Kier molecular flexibility index (Phi) is 5.31. The van der Waals surface area contributed by atoms with Crippen LogP contribution in [0, 0.1) is 6.92 Å². The fourth-order valence-electron chi connectivity index (χ4n) is 2.93. The van der Waals surface area contributed by atoms with Crippen molar-refractivity contribution in [2.45, 2.75) is 38.4 Å². The number of hydrogen-bond donors (Lipinski definition) is 2. The molecule has 5 nitrogen and oxygen atoms in total. The van der Waals surface area contributed by atoms with Crippen molar-refractivity contribution < 1.29 is 22.7 Å². The first-order chi connectivity index (χ1) is 12.3. The molecule has 140 valence electrons. The van der Waals surface area contributed by atoms with Crippen molar-refractivity contribution in [1.82, 2.24) is 15.3 Å². The summed E-state index contributed by atoms with van der Waals surface area (Å²) in [6.07, 6.45) is -1.25. The molecule has 26 heavy (non-hydrogen) atoms. The second-order valence-corrected chi connectivity index (χ2v) is 6.42. The molecule has 0 saturated carbocycles. The lowest BCUT2D eigenvalue weighted by molar-refractivity contribution is -0.141. The van der Waals surface area contributed by atoms with E-state index in [1.165, 1.54) is 12.3 Å². The van der Waals surface area contributed by atoms with Gasteiger partial charge in [0.25, 0.3) is 5.91 Å². The zero-order valence-electron chi connectivity index (χ0n) is 14.3. The van der Waals surface area contributed by atoms with Crippen LogP contribution in [0.2, 0.25) is 0 Å². The van der Waals surface area contributed by atoms with Gasteiger partial charge in [0.15, 0.2) is 0 Å². The van der Waals surface area contributed by atoms with Gasteiger partial charge < -0.3 is 15.0 Å². The van der Waals surface area contributed by atoms with E-state index in [2.05, 4.69) is 15.3 Å². The Bertz CT molecular complexity index is 763. The minimum absolute atomic E-state index is 0.0995. The first-order valence-electron chi connectivity index (χ1n) is 8.42. The fraction of sp³-hybridized carbons (Fsp3) is 0.444. The molecule has 0 unspecified atom stereocenters. The highest BCUT2D eigenvalue weighted by atomic mass is 19.4. The standard InChI is InChI=1S/C18H20F3N3O2/c1-11-13(8-12-2-3-16(22-10-12)18(19,20)21)9-15(23-11)17(25)24-14-4-6-26-7-5-14/h2-3,9-10,14,23H,4-8H2,1H3,(H,24,25). The highest BCUT2D eigenvalue weighted by Gasteiger charge is 2.32. The summed E-state index contributed by atoms with van der Waals surface area (Å²) in [6, 6.07) is 4.21. The van der Waals surface area contributed by atoms with Crippen molar-refractivity contribution in [1.29, 1.82) is 0 Å². The SMILES string of the molecule is Cc1[nH]c(C(=O)NC2CCOCC2)cc1Cc1ccc(C(F)(F)F)nc1. The second kappa shape index (κ2) is 7.49. The zero-order valence-corrected chi connectivity index (χ0v) is 14.3. The fourth-order valence-corrected chi connectivity index (χ4v) is 2.93. The van der Waals surface area contributed by atoms with E-state index in [0.717, 1.165) is 30.2 Å². The minimum Gasteiger partial charge on any atom is -0.381 e. The van der Waals surface area contributed by atoms with Crippen LogP contribution >= 0.6 is 0 Å². The van der Waals surface area contributed by atoms with Gasteiger partial charge in [-0.25, -0.2) is 0 Å². The number of rotatable bonds is 4. The van der Waals surface area contributed by atoms with Gasteiger partial charge >= 0.3 is 6.18 Å². The molecule has 0 spiro atoms. The van der Waals surface area contributed by atoms with Gasteiger partial charge in [0.1, 0.15) is 11.4 Å². The molecule has 2 aromatic heterocycles. The number of carbonyl (C=O) groups excluding carboxylic acids is 1. The number of aryl methyl sites for hydroxylation is 1. The second-order valence-electron chi connectivity index (χ2n) is 6.42. The third-order valence-corrected chi connectivity index (χ3v) is 4.43. The van der Waals surface area contributed by atoms with Gasteiger partial charge in [0.05, 0.1) is 0 Å². The van der Waals surface area contributed by atoms with Gasteiger partial charge in [-0.3, -0.25) is 9.78 Å². The molecule has 3 rings (SSSR count). The summed E-state index contributed by atoms with van der Waals surface area (Å²) >= 11 is 0. The molecule has 0 bridgehead atoms. The molecule has 2 aromatic rings. The molecule has 0 aliphatic carbocycles. The van der Waals surface area contributed by atoms with Crippen LogP contribution in [0.4, 0.5) is 13.2 Å². The number of alkyl halides is 3. The van der Waals surface area contributed by atoms with E-state index >= 15 is 0 Å². The molecule has 0 atom stereocenters. The Labute approximate surface area is 149 Å². The van der Waals surface area contributed by atoms with Crippen LogP contribution in [0.25, 0.3) is 0 Å². The van der Waals surface area contributed by atoms with Gasteiger partial charge in [-0.1, -0.05) is 6.07 Å². The average Bonchev–Trinajstić information content (AvgIpc) is 2.96. The average molecular weight is 367 g/mol. The predicted octanol–water partition coefficient (Wildman–Crippen LogP) is 3.24. The number of carbonyl (C=O) groups is 1. The van der Waals surface area contributed by atoms with Crippen LogP contribution in [0.5, 0.6) is 0 Å². The van der Waals surface area contributed by atoms with Gasteiger partial charge in [-0.2, -0.15) is 13.2 Å². The molecule has 0 aromatic carbocycles. The van der Waals surface area contributed by atoms with Crippen LogP contribution in [-0.2, 0) is 17.3 Å². The molecular formula is C18H20F3N3O2. The monoisotopic (exact) mass is 367 g/mol. The van der Waals surface area contributed by atoms with Crippen molar-refractivity contribution in [3.63, 3.8) is 0 Å². The smallest absolute Gasteiger partial charge is 0.381 e. The lowest BCUT2D eigenvalue weighted by Gasteiger charge is -2.22. The van der Waals surface area contributed by atoms with E-state index < -0.39 is 11.9 Å². The Morgan fingerprint density at radius 3 is 2.69 bits per heavy atom. The van der Waals surface area contributed by atoms with Crippen LogP contribution < -0.4 is 5.32 Å². The number of H-pyrrole nitrogens is 1.